The largest absolute Gasteiger partial charge is 0.354 e. The summed E-state index contributed by atoms with van der Waals surface area (Å²) >= 11 is 1.51. The molecule has 0 bridgehead atoms. The highest BCUT2D eigenvalue weighted by molar-refractivity contribution is 7.99. The Labute approximate surface area is 140 Å². The number of amides is 2. The summed E-state index contributed by atoms with van der Waals surface area (Å²) < 4.78 is 13.5. The van der Waals surface area contributed by atoms with Crippen LogP contribution < -0.4 is 5.32 Å². The van der Waals surface area contributed by atoms with Gasteiger partial charge in [0.05, 0.1) is 0 Å². The Morgan fingerprint density at radius 1 is 1.39 bits per heavy atom. The Morgan fingerprint density at radius 3 is 2.83 bits per heavy atom. The molecule has 1 N–H and O–H groups in total. The van der Waals surface area contributed by atoms with Crippen LogP contribution in [0.4, 0.5) is 4.39 Å². The Bertz CT molecular complexity index is 567. The van der Waals surface area contributed by atoms with E-state index in [0.717, 1.165) is 18.4 Å². The Balaban J connectivity index is 2.18. The van der Waals surface area contributed by atoms with Crippen molar-refractivity contribution in [2.75, 3.05) is 12.3 Å². The molecule has 0 aromatic heterocycles. The third kappa shape index (κ3) is 4.25. The second kappa shape index (κ2) is 8.34. The minimum Gasteiger partial charge on any atom is -0.354 e. The van der Waals surface area contributed by atoms with Gasteiger partial charge in [0.15, 0.2) is 0 Å². The van der Waals surface area contributed by atoms with Crippen molar-refractivity contribution in [2.45, 2.75) is 44.5 Å². The van der Waals surface area contributed by atoms with Crippen molar-refractivity contribution >= 4 is 23.6 Å². The Morgan fingerprint density at radius 2 is 2.17 bits per heavy atom. The minimum atomic E-state index is -0.488. The normalized spacial score (nSPS) is 20.6. The predicted molar refractivity (Wildman–Crippen MR) is 90.4 cm³/mol. The molecule has 0 saturated carbocycles. The van der Waals surface area contributed by atoms with Gasteiger partial charge in [-0.2, -0.15) is 0 Å². The van der Waals surface area contributed by atoms with E-state index in [9.17, 15) is 14.0 Å². The number of nitrogens with one attached hydrogen (secondary N) is 1. The molecule has 2 amide bonds. The molecule has 0 aliphatic carbocycles. The zero-order valence-electron chi connectivity index (χ0n) is 13.5. The molecule has 1 aromatic rings. The van der Waals surface area contributed by atoms with Crippen molar-refractivity contribution in [3.05, 3.63) is 35.6 Å². The molecular formula is C17H23FN2O2S. The topological polar surface area (TPSA) is 49.4 Å². The fourth-order valence-corrected chi connectivity index (χ4v) is 4.06. The highest BCUT2D eigenvalue weighted by Gasteiger charge is 2.41. The average Bonchev–Trinajstić information content (AvgIpc) is 2.99. The maximum absolute atomic E-state index is 13.5. The first-order valence-electron chi connectivity index (χ1n) is 8.04. The van der Waals surface area contributed by atoms with Gasteiger partial charge in [-0.3, -0.25) is 9.59 Å². The molecule has 2 rings (SSSR count). The molecule has 126 valence electrons. The molecule has 1 aliphatic rings. The lowest BCUT2D eigenvalue weighted by atomic mass is 10.1. The average molecular weight is 338 g/mol. The zero-order chi connectivity index (χ0) is 16.8. The first kappa shape index (κ1) is 17.8. The number of hydrogen-bond donors (Lipinski definition) is 1. The zero-order valence-corrected chi connectivity index (χ0v) is 14.4. The maximum Gasteiger partial charge on any atom is 0.243 e. The molecular weight excluding hydrogens is 315 g/mol. The third-order valence-electron chi connectivity index (χ3n) is 3.86. The summed E-state index contributed by atoms with van der Waals surface area (Å²) in [6.45, 7) is 4.46. The highest BCUT2D eigenvalue weighted by atomic mass is 32.2. The van der Waals surface area contributed by atoms with Gasteiger partial charge < -0.3 is 10.2 Å². The summed E-state index contributed by atoms with van der Waals surface area (Å²) in [6, 6.07) is 5.76. The van der Waals surface area contributed by atoms with E-state index in [0.29, 0.717) is 18.7 Å². The number of benzene rings is 1. The van der Waals surface area contributed by atoms with Crippen LogP contribution in [0.15, 0.2) is 24.3 Å². The maximum atomic E-state index is 13.5. The van der Waals surface area contributed by atoms with Crippen molar-refractivity contribution in [1.82, 2.24) is 10.2 Å². The van der Waals surface area contributed by atoms with E-state index >= 15 is 0 Å². The van der Waals surface area contributed by atoms with Gasteiger partial charge in [-0.25, -0.2) is 4.39 Å². The lowest BCUT2D eigenvalue weighted by Crippen LogP contribution is -2.48. The van der Waals surface area contributed by atoms with Gasteiger partial charge in [-0.1, -0.05) is 32.4 Å². The van der Waals surface area contributed by atoms with Gasteiger partial charge in [0.1, 0.15) is 17.2 Å². The second-order valence-electron chi connectivity index (χ2n) is 5.56. The van der Waals surface area contributed by atoms with Gasteiger partial charge in [0.25, 0.3) is 0 Å². The molecule has 0 radical (unpaired) electrons. The van der Waals surface area contributed by atoms with E-state index < -0.39 is 6.04 Å². The van der Waals surface area contributed by atoms with Crippen molar-refractivity contribution in [3.63, 3.8) is 0 Å². The molecule has 1 aromatic carbocycles. The monoisotopic (exact) mass is 338 g/mol. The van der Waals surface area contributed by atoms with Crippen LogP contribution in [0.2, 0.25) is 0 Å². The van der Waals surface area contributed by atoms with Crippen LogP contribution in [0.5, 0.6) is 0 Å². The molecule has 0 unspecified atom stereocenters. The first-order chi connectivity index (χ1) is 11.1. The number of nitrogens with zero attached hydrogens (tertiary/aromatic N) is 1. The summed E-state index contributed by atoms with van der Waals surface area (Å²) in [4.78, 5) is 26.4. The van der Waals surface area contributed by atoms with E-state index in [-0.39, 0.29) is 23.0 Å². The fourth-order valence-electron chi connectivity index (χ4n) is 2.62. The first-order valence-corrected chi connectivity index (χ1v) is 9.09. The van der Waals surface area contributed by atoms with E-state index in [1.54, 1.807) is 24.0 Å². The van der Waals surface area contributed by atoms with Crippen LogP contribution in [0.1, 0.15) is 44.0 Å². The van der Waals surface area contributed by atoms with Crippen LogP contribution in [0, 0.1) is 5.82 Å². The Hall–Kier alpha value is -1.56. The number of carbonyl (C=O) groups excluding carboxylic acids is 2. The number of thioether (sulfide) groups is 1. The fraction of sp³-hybridized carbons (Fsp3) is 0.529. The molecule has 1 fully saturated rings. The summed E-state index contributed by atoms with van der Waals surface area (Å²) in [7, 11) is 0. The van der Waals surface area contributed by atoms with E-state index in [4.69, 9.17) is 0 Å². The van der Waals surface area contributed by atoms with Gasteiger partial charge in [-0.05, 0) is 24.1 Å². The summed E-state index contributed by atoms with van der Waals surface area (Å²) in [5.74, 6) is -0.000345. The van der Waals surface area contributed by atoms with E-state index in [1.807, 2.05) is 0 Å². The van der Waals surface area contributed by atoms with Gasteiger partial charge in [0.2, 0.25) is 11.8 Å². The molecule has 0 spiro atoms. The summed E-state index contributed by atoms with van der Waals surface area (Å²) in [6.07, 6.45) is 2.25. The summed E-state index contributed by atoms with van der Waals surface area (Å²) in [5, 5.41) is 2.59. The standard InChI is InChI=1S/C17H23FN2O2S/c1-3-5-9-19-16(22)14-11-23-17(20(14)15(21)4-2)12-7-6-8-13(18)10-12/h6-8,10,14,17H,3-5,9,11H2,1-2H3,(H,19,22)/t14-,17-/m0/s1. The van der Waals surface area contributed by atoms with Crippen molar-refractivity contribution in [1.29, 1.82) is 0 Å². The van der Waals surface area contributed by atoms with Crippen molar-refractivity contribution in [2.24, 2.45) is 0 Å². The van der Waals surface area contributed by atoms with Gasteiger partial charge >= 0.3 is 0 Å². The Kier molecular flexibility index (Phi) is 6.45. The van der Waals surface area contributed by atoms with Crippen molar-refractivity contribution in [3.8, 4) is 0 Å². The van der Waals surface area contributed by atoms with Crippen LogP contribution in [-0.2, 0) is 9.59 Å². The molecule has 6 heteroatoms. The molecule has 23 heavy (non-hydrogen) atoms. The number of rotatable bonds is 6. The lowest BCUT2D eigenvalue weighted by Gasteiger charge is -2.28. The number of halogens is 1. The molecule has 1 heterocycles. The van der Waals surface area contributed by atoms with Crippen molar-refractivity contribution < 1.29 is 14.0 Å². The number of unbranched alkanes of at least 4 members (excludes halogenated alkanes) is 1. The lowest BCUT2D eigenvalue weighted by molar-refractivity contribution is -0.139. The van der Waals surface area contributed by atoms with E-state index in [2.05, 4.69) is 12.2 Å². The smallest absolute Gasteiger partial charge is 0.243 e. The molecule has 4 nitrogen and oxygen atoms in total. The molecule has 2 atom stereocenters. The second-order valence-corrected chi connectivity index (χ2v) is 6.67. The predicted octanol–water partition coefficient (Wildman–Crippen LogP) is 3.09. The highest BCUT2D eigenvalue weighted by Crippen LogP contribution is 2.41. The molecule has 1 saturated heterocycles. The quantitative estimate of drug-likeness (QED) is 0.811. The van der Waals surface area contributed by atoms with Gasteiger partial charge in [0, 0.05) is 18.7 Å². The molecule has 1 aliphatic heterocycles. The van der Waals surface area contributed by atoms with Crippen LogP contribution in [0.3, 0.4) is 0 Å². The van der Waals surface area contributed by atoms with Crippen LogP contribution in [0.25, 0.3) is 0 Å². The van der Waals surface area contributed by atoms with Gasteiger partial charge in [-0.15, -0.1) is 11.8 Å². The minimum absolute atomic E-state index is 0.0834. The SMILES string of the molecule is CCCCNC(=O)[C@@H]1CS[C@@H](c2cccc(F)c2)N1C(=O)CC. The number of carbonyl (C=O) groups is 2. The third-order valence-corrected chi connectivity index (χ3v) is 5.18. The number of hydrogen-bond acceptors (Lipinski definition) is 3. The van der Waals surface area contributed by atoms with Crippen LogP contribution >= 0.6 is 11.8 Å². The van der Waals surface area contributed by atoms with E-state index in [1.165, 1.54) is 23.9 Å². The van der Waals surface area contributed by atoms with Crippen LogP contribution in [-0.4, -0.2) is 35.1 Å². The summed E-state index contributed by atoms with van der Waals surface area (Å²) in [5.41, 5.74) is 0.723.